The molecule has 7 heteroatoms. The molecule has 1 saturated heterocycles. The van der Waals surface area contributed by atoms with Crippen molar-refractivity contribution in [2.75, 3.05) is 13.1 Å². The molecule has 0 aliphatic carbocycles. The highest BCUT2D eigenvalue weighted by Gasteiger charge is 2.20. The molecule has 4 aromatic rings. The second kappa shape index (κ2) is 6.60. The van der Waals surface area contributed by atoms with E-state index in [0.717, 1.165) is 48.1 Å². The number of piperidine rings is 1. The predicted octanol–water partition coefficient (Wildman–Crippen LogP) is 4.06. The van der Waals surface area contributed by atoms with Crippen LogP contribution in [0, 0.1) is 19.7 Å². The SMILES string of the molecule is Cc1nc2c(C)cc(-c3cc(F)c4nc(C5CCNCC5)nnc4c3)cc2o1. The number of rotatable bonds is 2. The van der Waals surface area contributed by atoms with Crippen LogP contribution >= 0.6 is 0 Å². The Kier molecular flexibility index (Phi) is 4.05. The Hall–Kier alpha value is -2.93. The highest BCUT2D eigenvalue weighted by atomic mass is 19.1. The van der Waals surface area contributed by atoms with Gasteiger partial charge in [-0.1, -0.05) is 0 Å². The Balaban J connectivity index is 1.59. The first-order valence-corrected chi connectivity index (χ1v) is 9.51. The summed E-state index contributed by atoms with van der Waals surface area (Å²) < 4.78 is 20.6. The standard InChI is InChI=1S/C21H20FN5O/c1-11-7-14(10-18-19(11)24-12(2)28-18)15-8-16(22)20-17(9-15)26-27-21(25-20)13-3-5-23-6-4-13/h7-10,13,23H,3-6H2,1-2H3. The van der Waals surface area contributed by atoms with Gasteiger partial charge < -0.3 is 9.73 Å². The quantitative estimate of drug-likeness (QED) is 0.568. The fourth-order valence-corrected chi connectivity index (χ4v) is 3.91. The molecular formula is C21H20FN5O. The minimum atomic E-state index is -0.385. The van der Waals surface area contributed by atoms with Crippen molar-refractivity contribution in [3.05, 3.63) is 47.4 Å². The van der Waals surface area contributed by atoms with Gasteiger partial charge in [-0.2, -0.15) is 0 Å². The van der Waals surface area contributed by atoms with Gasteiger partial charge in [-0.15, -0.1) is 10.2 Å². The summed E-state index contributed by atoms with van der Waals surface area (Å²) in [6.45, 7) is 5.64. The molecule has 0 bridgehead atoms. The number of oxazole rings is 1. The second-order valence-electron chi connectivity index (χ2n) is 7.39. The summed E-state index contributed by atoms with van der Waals surface area (Å²) in [6, 6.07) is 7.20. The molecule has 0 radical (unpaired) electrons. The molecule has 142 valence electrons. The van der Waals surface area contributed by atoms with Gasteiger partial charge in [0, 0.05) is 12.8 Å². The first kappa shape index (κ1) is 17.2. The monoisotopic (exact) mass is 377 g/mol. The Labute approximate surface area is 161 Å². The Bertz CT molecular complexity index is 1200. The number of aryl methyl sites for hydroxylation is 2. The summed E-state index contributed by atoms with van der Waals surface area (Å²) >= 11 is 0. The number of aromatic nitrogens is 4. The highest BCUT2D eigenvalue weighted by molar-refractivity contribution is 5.87. The Morgan fingerprint density at radius 3 is 2.57 bits per heavy atom. The molecule has 6 nitrogen and oxygen atoms in total. The van der Waals surface area contributed by atoms with E-state index in [4.69, 9.17) is 4.42 Å². The lowest BCUT2D eigenvalue weighted by molar-refractivity contribution is 0.442. The lowest BCUT2D eigenvalue weighted by Gasteiger charge is -2.20. The third-order valence-corrected chi connectivity index (χ3v) is 5.36. The maximum absolute atomic E-state index is 14.9. The van der Waals surface area contributed by atoms with Gasteiger partial charge >= 0.3 is 0 Å². The summed E-state index contributed by atoms with van der Waals surface area (Å²) in [5.41, 5.74) is 4.81. The largest absolute Gasteiger partial charge is 0.441 e. The van der Waals surface area contributed by atoms with Crippen molar-refractivity contribution in [1.29, 1.82) is 0 Å². The molecule has 2 aromatic carbocycles. The van der Waals surface area contributed by atoms with Crippen molar-refractivity contribution < 1.29 is 8.81 Å². The predicted molar refractivity (Wildman–Crippen MR) is 105 cm³/mol. The maximum Gasteiger partial charge on any atom is 0.192 e. The van der Waals surface area contributed by atoms with Gasteiger partial charge in [-0.25, -0.2) is 14.4 Å². The van der Waals surface area contributed by atoms with E-state index in [-0.39, 0.29) is 17.3 Å². The average molecular weight is 377 g/mol. The number of nitrogens with zero attached hydrogens (tertiary/aromatic N) is 4. The summed E-state index contributed by atoms with van der Waals surface area (Å²) in [5.74, 6) is 1.09. The zero-order chi connectivity index (χ0) is 19.3. The molecule has 1 N–H and O–H groups in total. The zero-order valence-electron chi connectivity index (χ0n) is 15.8. The van der Waals surface area contributed by atoms with Crippen LogP contribution in [0.15, 0.2) is 28.7 Å². The normalized spacial score (nSPS) is 15.5. The van der Waals surface area contributed by atoms with Crippen molar-refractivity contribution in [2.45, 2.75) is 32.6 Å². The summed E-state index contributed by atoms with van der Waals surface area (Å²) in [6.07, 6.45) is 1.89. The van der Waals surface area contributed by atoms with E-state index in [1.165, 1.54) is 6.07 Å². The van der Waals surface area contributed by atoms with Crippen LogP contribution in [0.1, 0.15) is 36.0 Å². The van der Waals surface area contributed by atoms with Crippen LogP contribution in [-0.2, 0) is 0 Å². The van der Waals surface area contributed by atoms with Crippen molar-refractivity contribution in [3.63, 3.8) is 0 Å². The average Bonchev–Trinajstić information content (AvgIpc) is 3.09. The van der Waals surface area contributed by atoms with E-state index in [1.807, 2.05) is 32.0 Å². The summed E-state index contributed by atoms with van der Waals surface area (Å²) in [7, 11) is 0. The number of fused-ring (bicyclic) bond motifs is 2. The van der Waals surface area contributed by atoms with Gasteiger partial charge in [0.05, 0.1) is 0 Å². The smallest absolute Gasteiger partial charge is 0.192 e. The fourth-order valence-electron chi connectivity index (χ4n) is 3.91. The first-order valence-electron chi connectivity index (χ1n) is 9.51. The Morgan fingerprint density at radius 2 is 1.75 bits per heavy atom. The lowest BCUT2D eigenvalue weighted by atomic mass is 9.97. The molecule has 1 aliphatic heterocycles. The maximum atomic E-state index is 14.9. The van der Waals surface area contributed by atoms with E-state index in [1.54, 1.807) is 0 Å². The van der Waals surface area contributed by atoms with Gasteiger partial charge in [-0.05, 0) is 73.8 Å². The van der Waals surface area contributed by atoms with Crippen molar-refractivity contribution in [2.24, 2.45) is 0 Å². The van der Waals surface area contributed by atoms with E-state index in [2.05, 4.69) is 25.5 Å². The lowest BCUT2D eigenvalue weighted by Crippen LogP contribution is -2.27. The number of hydrogen-bond donors (Lipinski definition) is 1. The fraction of sp³-hybridized carbons (Fsp3) is 0.333. The van der Waals surface area contributed by atoms with Gasteiger partial charge in [0.25, 0.3) is 0 Å². The third-order valence-electron chi connectivity index (χ3n) is 5.36. The molecule has 1 fully saturated rings. The van der Waals surface area contributed by atoms with Gasteiger partial charge in [0.15, 0.2) is 23.1 Å². The molecule has 1 aliphatic rings. The molecule has 2 aromatic heterocycles. The Morgan fingerprint density at radius 1 is 0.964 bits per heavy atom. The van der Waals surface area contributed by atoms with Crippen molar-refractivity contribution >= 4 is 22.1 Å². The minimum Gasteiger partial charge on any atom is -0.441 e. The van der Waals surface area contributed by atoms with Crippen LogP contribution in [0.4, 0.5) is 4.39 Å². The number of nitrogens with one attached hydrogen (secondary N) is 1. The molecule has 0 spiro atoms. The van der Waals surface area contributed by atoms with Crippen LogP contribution in [-0.4, -0.2) is 33.3 Å². The molecule has 0 saturated carbocycles. The molecular weight excluding hydrogens is 357 g/mol. The van der Waals surface area contributed by atoms with Crippen LogP contribution in [0.5, 0.6) is 0 Å². The minimum absolute atomic E-state index is 0.233. The van der Waals surface area contributed by atoms with Gasteiger partial charge in [0.2, 0.25) is 0 Å². The van der Waals surface area contributed by atoms with Crippen LogP contribution in [0.25, 0.3) is 33.3 Å². The third kappa shape index (κ3) is 2.92. The molecule has 0 unspecified atom stereocenters. The van der Waals surface area contributed by atoms with Gasteiger partial charge in [0.1, 0.15) is 16.6 Å². The molecule has 5 rings (SSSR count). The number of halogens is 1. The second-order valence-corrected chi connectivity index (χ2v) is 7.39. The van der Waals surface area contributed by atoms with Crippen LogP contribution in [0.2, 0.25) is 0 Å². The van der Waals surface area contributed by atoms with Crippen LogP contribution < -0.4 is 5.32 Å². The van der Waals surface area contributed by atoms with Gasteiger partial charge in [-0.3, -0.25) is 0 Å². The van der Waals surface area contributed by atoms with Crippen molar-refractivity contribution in [3.8, 4) is 11.1 Å². The van der Waals surface area contributed by atoms with Crippen LogP contribution in [0.3, 0.4) is 0 Å². The number of benzene rings is 2. The number of hydrogen-bond acceptors (Lipinski definition) is 6. The summed E-state index contributed by atoms with van der Waals surface area (Å²) in [4.78, 5) is 8.89. The van der Waals surface area contributed by atoms with E-state index < -0.39 is 0 Å². The zero-order valence-corrected chi connectivity index (χ0v) is 15.8. The van der Waals surface area contributed by atoms with E-state index in [0.29, 0.717) is 22.8 Å². The molecule has 28 heavy (non-hydrogen) atoms. The summed E-state index contributed by atoms with van der Waals surface area (Å²) in [5, 5.41) is 11.9. The van der Waals surface area contributed by atoms with E-state index in [9.17, 15) is 4.39 Å². The molecule has 0 atom stereocenters. The molecule has 3 heterocycles. The highest BCUT2D eigenvalue weighted by Crippen LogP contribution is 2.31. The first-order chi connectivity index (χ1) is 13.6. The van der Waals surface area contributed by atoms with Crippen molar-refractivity contribution in [1.82, 2.24) is 25.5 Å². The molecule has 0 amide bonds. The topological polar surface area (TPSA) is 76.7 Å². The van der Waals surface area contributed by atoms with E-state index >= 15 is 0 Å².